The summed E-state index contributed by atoms with van der Waals surface area (Å²) in [5.41, 5.74) is 5.53. The lowest BCUT2D eigenvalue weighted by molar-refractivity contribution is -0.0813. The van der Waals surface area contributed by atoms with E-state index in [0.29, 0.717) is 30.7 Å². The third-order valence-electron chi connectivity index (χ3n) is 1.73. The number of nitrogens with two attached hydrogens (primary N) is 1. The minimum atomic E-state index is 0.119. The molecule has 0 bridgehead atoms. The van der Waals surface area contributed by atoms with Gasteiger partial charge in [-0.1, -0.05) is 0 Å². The first-order chi connectivity index (χ1) is 6.24. The molecule has 5 heteroatoms. The summed E-state index contributed by atoms with van der Waals surface area (Å²) in [5.74, 6) is 1.58. The molecule has 70 valence electrons. The first-order valence-corrected chi connectivity index (χ1v) is 4.09. The van der Waals surface area contributed by atoms with Crippen LogP contribution in [0.4, 0.5) is 5.82 Å². The van der Waals surface area contributed by atoms with Crippen molar-refractivity contribution in [2.45, 2.75) is 13.0 Å². The number of ether oxygens (including phenoxy) is 2. The van der Waals surface area contributed by atoms with Crippen molar-refractivity contribution in [3.05, 3.63) is 11.9 Å². The zero-order valence-corrected chi connectivity index (χ0v) is 7.36. The number of hydrogen-bond acceptors (Lipinski definition) is 5. The van der Waals surface area contributed by atoms with Crippen molar-refractivity contribution in [1.82, 2.24) is 9.97 Å². The van der Waals surface area contributed by atoms with Crippen LogP contribution in [0.2, 0.25) is 0 Å². The minimum Gasteiger partial charge on any atom is -0.469 e. The van der Waals surface area contributed by atoms with E-state index in [9.17, 15) is 0 Å². The highest BCUT2D eigenvalue weighted by molar-refractivity contribution is 5.32. The van der Waals surface area contributed by atoms with E-state index >= 15 is 0 Å². The second-order valence-electron chi connectivity index (χ2n) is 2.96. The van der Waals surface area contributed by atoms with Gasteiger partial charge in [0.25, 0.3) is 0 Å². The number of rotatable bonds is 2. The molecule has 0 atom stereocenters. The van der Waals surface area contributed by atoms with Crippen molar-refractivity contribution in [3.8, 4) is 5.88 Å². The van der Waals surface area contributed by atoms with Gasteiger partial charge in [0, 0.05) is 6.07 Å². The molecule has 0 aromatic carbocycles. The van der Waals surface area contributed by atoms with Gasteiger partial charge >= 0.3 is 0 Å². The summed E-state index contributed by atoms with van der Waals surface area (Å²) in [6.45, 7) is 3.03. The molecule has 2 N–H and O–H groups in total. The molecule has 0 radical (unpaired) electrons. The Labute approximate surface area is 75.9 Å². The molecule has 1 aromatic heterocycles. The topological polar surface area (TPSA) is 70.3 Å². The molecule has 0 aliphatic carbocycles. The molecular formula is C8H11N3O2. The fourth-order valence-corrected chi connectivity index (χ4v) is 1.08. The lowest BCUT2D eigenvalue weighted by atomic mass is 10.3. The van der Waals surface area contributed by atoms with Gasteiger partial charge in [0.2, 0.25) is 5.88 Å². The maximum absolute atomic E-state index is 5.53. The molecule has 1 aliphatic heterocycles. The molecule has 2 rings (SSSR count). The lowest BCUT2D eigenvalue weighted by Gasteiger charge is -2.26. The number of nitrogens with zero attached hydrogens (tertiary/aromatic N) is 2. The van der Waals surface area contributed by atoms with Gasteiger partial charge in [-0.25, -0.2) is 4.98 Å². The fraction of sp³-hybridized carbons (Fsp3) is 0.500. The van der Waals surface area contributed by atoms with Crippen LogP contribution in [-0.2, 0) is 4.74 Å². The van der Waals surface area contributed by atoms with Gasteiger partial charge in [-0.2, -0.15) is 4.98 Å². The van der Waals surface area contributed by atoms with Gasteiger partial charge in [0.15, 0.2) is 0 Å². The maximum Gasteiger partial charge on any atom is 0.219 e. The second kappa shape index (κ2) is 3.18. The van der Waals surface area contributed by atoms with Gasteiger partial charge < -0.3 is 15.2 Å². The van der Waals surface area contributed by atoms with E-state index in [-0.39, 0.29) is 6.10 Å². The van der Waals surface area contributed by atoms with Gasteiger partial charge in [-0.3, -0.25) is 0 Å². The van der Waals surface area contributed by atoms with Crippen LogP contribution in [0.1, 0.15) is 5.82 Å². The Morgan fingerprint density at radius 1 is 1.54 bits per heavy atom. The Balaban J connectivity index is 2.10. The largest absolute Gasteiger partial charge is 0.469 e. The van der Waals surface area contributed by atoms with Crippen LogP contribution in [0.3, 0.4) is 0 Å². The van der Waals surface area contributed by atoms with Crippen molar-refractivity contribution in [1.29, 1.82) is 0 Å². The zero-order chi connectivity index (χ0) is 9.26. The molecule has 1 fully saturated rings. The Morgan fingerprint density at radius 2 is 2.31 bits per heavy atom. The highest BCUT2D eigenvalue weighted by Gasteiger charge is 2.20. The van der Waals surface area contributed by atoms with E-state index in [1.54, 1.807) is 13.0 Å². The first-order valence-electron chi connectivity index (χ1n) is 4.09. The predicted molar refractivity (Wildman–Crippen MR) is 46.4 cm³/mol. The molecule has 2 heterocycles. The summed E-state index contributed by atoms with van der Waals surface area (Å²) in [7, 11) is 0. The maximum atomic E-state index is 5.53. The quantitative estimate of drug-likeness (QED) is 0.703. The lowest BCUT2D eigenvalue weighted by Crippen LogP contribution is -2.38. The molecule has 1 saturated heterocycles. The van der Waals surface area contributed by atoms with Crippen LogP contribution in [0.5, 0.6) is 5.88 Å². The first kappa shape index (κ1) is 8.25. The third kappa shape index (κ3) is 1.86. The van der Waals surface area contributed by atoms with E-state index in [0.717, 1.165) is 0 Å². The molecule has 0 spiro atoms. The second-order valence-corrected chi connectivity index (χ2v) is 2.96. The molecule has 0 amide bonds. The van der Waals surface area contributed by atoms with Gasteiger partial charge in [-0.15, -0.1) is 0 Å². The van der Waals surface area contributed by atoms with Crippen LogP contribution in [-0.4, -0.2) is 29.3 Å². The Hall–Kier alpha value is -1.36. The standard InChI is InChI=1S/C8H11N3O2/c1-5-10-7(9)2-8(11-5)13-6-3-12-4-6/h2,6H,3-4H2,1H3,(H2,9,10,11). The van der Waals surface area contributed by atoms with Crippen molar-refractivity contribution < 1.29 is 9.47 Å². The molecule has 1 aliphatic rings. The monoisotopic (exact) mass is 181 g/mol. The molecule has 13 heavy (non-hydrogen) atoms. The Bertz CT molecular complexity index is 292. The average Bonchev–Trinajstić information content (AvgIpc) is 1.95. The Kier molecular flexibility index (Phi) is 2.02. The van der Waals surface area contributed by atoms with Crippen molar-refractivity contribution in [2.75, 3.05) is 18.9 Å². The summed E-state index contributed by atoms with van der Waals surface area (Å²) in [6.07, 6.45) is 0.119. The van der Waals surface area contributed by atoms with Crippen molar-refractivity contribution >= 4 is 5.82 Å². The molecule has 0 saturated carbocycles. The highest BCUT2D eigenvalue weighted by atomic mass is 16.6. The van der Waals surface area contributed by atoms with Gasteiger partial charge in [-0.05, 0) is 6.92 Å². The average molecular weight is 181 g/mol. The zero-order valence-electron chi connectivity index (χ0n) is 7.36. The van der Waals surface area contributed by atoms with Crippen LogP contribution < -0.4 is 10.5 Å². The van der Waals surface area contributed by atoms with Crippen molar-refractivity contribution in [3.63, 3.8) is 0 Å². The predicted octanol–water partition coefficient (Wildman–Crippen LogP) is 0.145. The minimum absolute atomic E-state index is 0.119. The van der Waals surface area contributed by atoms with Crippen LogP contribution >= 0.6 is 0 Å². The van der Waals surface area contributed by atoms with E-state index in [1.807, 2.05) is 0 Å². The molecular weight excluding hydrogens is 170 g/mol. The fourth-order valence-electron chi connectivity index (χ4n) is 1.08. The van der Waals surface area contributed by atoms with E-state index in [1.165, 1.54) is 0 Å². The van der Waals surface area contributed by atoms with Crippen LogP contribution in [0.15, 0.2) is 6.07 Å². The number of aryl methyl sites for hydroxylation is 1. The summed E-state index contributed by atoms with van der Waals surface area (Å²) < 4.78 is 10.4. The highest BCUT2D eigenvalue weighted by Crippen LogP contribution is 2.15. The third-order valence-corrected chi connectivity index (χ3v) is 1.73. The van der Waals surface area contributed by atoms with Crippen LogP contribution in [0, 0.1) is 6.92 Å². The summed E-state index contributed by atoms with van der Waals surface area (Å²) in [5, 5.41) is 0. The molecule has 0 unspecified atom stereocenters. The Morgan fingerprint density at radius 3 is 2.85 bits per heavy atom. The van der Waals surface area contributed by atoms with Gasteiger partial charge in [0.1, 0.15) is 17.7 Å². The van der Waals surface area contributed by atoms with E-state index in [2.05, 4.69) is 9.97 Å². The van der Waals surface area contributed by atoms with Crippen molar-refractivity contribution in [2.24, 2.45) is 0 Å². The summed E-state index contributed by atoms with van der Waals surface area (Å²) in [6, 6.07) is 1.62. The summed E-state index contributed by atoms with van der Waals surface area (Å²) >= 11 is 0. The SMILES string of the molecule is Cc1nc(N)cc(OC2COC2)n1. The van der Waals surface area contributed by atoms with Crippen LogP contribution in [0.25, 0.3) is 0 Å². The number of hydrogen-bond donors (Lipinski definition) is 1. The van der Waals surface area contributed by atoms with Gasteiger partial charge in [0.05, 0.1) is 13.2 Å². The van der Waals surface area contributed by atoms with E-state index in [4.69, 9.17) is 15.2 Å². The summed E-state index contributed by atoms with van der Waals surface area (Å²) in [4.78, 5) is 8.03. The number of anilines is 1. The molecule has 1 aromatic rings. The number of aromatic nitrogens is 2. The number of nitrogen functional groups attached to an aromatic ring is 1. The van der Waals surface area contributed by atoms with E-state index < -0.39 is 0 Å². The normalized spacial score (nSPS) is 16.7. The smallest absolute Gasteiger partial charge is 0.219 e. The molecule has 5 nitrogen and oxygen atoms in total.